The average Bonchev–Trinajstić information content (AvgIpc) is 2.57. The van der Waals surface area contributed by atoms with E-state index in [0.29, 0.717) is 5.46 Å². The Morgan fingerprint density at radius 2 is 1.41 bits per heavy atom. The number of aromatic nitrogens is 2. The zero-order valence-corrected chi connectivity index (χ0v) is 12.0. The van der Waals surface area contributed by atoms with Crippen LogP contribution in [0, 0.1) is 0 Å². The summed E-state index contributed by atoms with van der Waals surface area (Å²) in [6.45, 7) is 0.735. The van der Waals surface area contributed by atoms with Gasteiger partial charge < -0.3 is 10.0 Å². The molecule has 3 rings (SSSR count). The van der Waals surface area contributed by atoms with Crippen LogP contribution in [0.5, 0.6) is 0 Å². The molecule has 1 aromatic carbocycles. The summed E-state index contributed by atoms with van der Waals surface area (Å²) in [6.07, 6.45) is 7.64. The molecular weight excluding hydrogens is 275 g/mol. The third-order valence-electron chi connectivity index (χ3n) is 3.55. The molecule has 0 aliphatic rings. The van der Waals surface area contributed by atoms with Gasteiger partial charge in [-0.2, -0.15) is 0 Å². The average molecular weight is 291 g/mol. The molecule has 0 fully saturated rings. The van der Waals surface area contributed by atoms with Gasteiger partial charge in [0.2, 0.25) is 0 Å². The molecule has 0 unspecified atom stereocenters. The molecule has 0 bridgehead atoms. The minimum Gasteiger partial charge on any atom is -0.423 e. The highest BCUT2D eigenvalue weighted by Gasteiger charge is 2.11. The van der Waals surface area contributed by atoms with Crippen LogP contribution in [0.2, 0.25) is 0 Å². The molecule has 5 heteroatoms. The maximum absolute atomic E-state index is 9.09. The molecule has 108 valence electrons. The largest absolute Gasteiger partial charge is 0.488 e. The summed E-state index contributed by atoms with van der Waals surface area (Å²) < 4.78 is 2.08. The minimum absolute atomic E-state index is 0.502. The molecule has 3 aromatic rings. The van der Waals surface area contributed by atoms with Crippen LogP contribution in [-0.2, 0) is 6.54 Å². The lowest BCUT2D eigenvalue weighted by Crippen LogP contribution is -2.34. The van der Waals surface area contributed by atoms with Crippen LogP contribution in [0.1, 0.15) is 5.56 Å². The summed E-state index contributed by atoms with van der Waals surface area (Å²) in [5.41, 5.74) is 3.90. The number of nitrogens with zero attached hydrogens (tertiary/aromatic N) is 2. The third-order valence-corrected chi connectivity index (χ3v) is 3.55. The van der Waals surface area contributed by atoms with Crippen molar-refractivity contribution in [2.24, 2.45) is 0 Å². The van der Waals surface area contributed by atoms with E-state index in [1.54, 1.807) is 24.5 Å². The van der Waals surface area contributed by atoms with E-state index in [2.05, 4.69) is 21.7 Å². The first-order valence-corrected chi connectivity index (χ1v) is 7.07. The molecule has 2 aromatic heterocycles. The molecule has 0 amide bonds. The van der Waals surface area contributed by atoms with Crippen LogP contribution in [-0.4, -0.2) is 22.2 Å². The molecule has 22 heavy (non-hydrogen) atoms. The molecular formula is C17H16BN2O2+. The number of rotatable bonds is 4. The van der Waals surface area contributed by atoms with Gasteiger partial charge in [0.05, 0.1) is 0 Å². The van der Waals surface area contributed by atoms with Gasteiger partial charge in [0.15, 0.2) is 18.9 Å². The van der Waals surface area contributed by atoms with E-state index < -0.39 is 7.12 Å². The number of pyridine rings is 2. The van der Waals surface area contributed by atoms with Crippen molar-refractivity contribution in [3.63, 3.8) is 0 Å². The van der Waals surface area contributed by atoms with Crippen molar-refractivity contribution >= 4 is 12.6 Å². The van der Waals surface area contributed by atoms with Crippen molar-refractivity contribution in [2.45, 2.75) is 6.54 Å². The first kappa shape index (κ1) is 14.4. The van der Waals surface area contributed by atoms with Gasteiger partial charge in [0.25, 0.3) is 0 Å². The summed E-state index contributed by atoms with van der Waals surface area (Å²) in [5.74, 6) is 0. The molecule has 2 heterocycles. The van der Waals surface area contributed by atoms with E-state index in [4.69, 9.17) is 10.0 Å². The zero-order valence-electron chi connectivity index (χ0n) is 12.0. The smallest absolute Gasteiger partial charge is 0.423 e. The zero-order chi connectivity index (χ0) is 15.4. The van der Waals surface area contributed by atoms with Crippen molar-refractivity contribution in [2.75, 3.05) is 0 Å². The van der Waals surface area contributed by atoms with Gasteiger partial charge in [-0.3, -0.25) is 4.98 Å². The SMILES string of the molecule is OB(O)c1ccc(C[n+]2ccc(-c3ccncc3)cc2)cc1. The van der Waals surface area contributed by atoms with Gasteiger partial charge in [-0.05, 0) is 28.7 Å². The predicted octanol–water partition coefficient (Wildman–Crippen LogP) is 0.764. The minimum atomic E-state index is -1.42. The summed E-state index contributed by atoms with van der Waals surface area (Å²) in [5, 5.41) is 18.2. The van der Waals surface area contributed by atoms with Gasteiger partial charge in [0.1, 0.15) is 0 Å². The number of benzene rings is 1. The van der Waals surface area contributed by atoms with E-state index in [-0.39, 0.29) is 0 Å². The maximum atomic E-state index is 9.09. The van der Waals surface area contributed by atoms with Crippen molar-refractivity contribution in [1.82, 2.24) is 4.98 Å². The van der Waals surface area contributed by atoms with Crippen LogP contribution < -0.4 is 10.0 Å². The summed E-state index contributed by atoms with van der Waals surface area (Å²) in [4.78, 5) is 4.02. The summed E-state index contributed by atoms with van der Waals surface area (Å²) in [7, 11) is -1.42. The molecule has 0 saturated heterocycles. The van der Waals surface area contributed by atoms with Crippen LogP contribution in [0.25, 0.3) is 11.1 Å². The monoisotopic (exact) mass is 291 g/mol. The van der Waals surface area contributed by atoms with Crippen LogP contribution in [0.15, 0.2) is 73.3 Å². The second-order valence-corrected chi connectivity index (χ2v) is 5.11. The fraction of sp³-hybridized carbons (Fsp3) is 0.0588. The van der Waals surface area contributed by atoms with Gasteiger partial charge in [-0.15, -0.1) is 0 Å². The van der Waals surface area contributed by atoms with Crippen molar-refractivity contribution < 1.29 is 14.6 Å². The van der Waals surface area contributed by atoms with Crippen LogP contribution >= 0.6 is 0 Å². The van der Waals surface area contributed by atoms with Crippen LogP contribution in [0.4, 0.5) is 0 Å². The highest BCUT2D eigenvalue weighted by Crippen LogP contribution is 2.15. The lowest BCUT2D eigenvalue weighted by molar-refractivity contribution is -0.688. The quantitative estimate of drug-likeness (QED) is 0.551. The Hall–Kier alpha value is -2.50. The van der Waals surface area contributed by atoms with Crippen molar-refractivity contribution in [3.8, 4) is 11.1 Å². The Morgan fingerprint density at radius 1 is 0.818 bits per heavy atom. The molecule has 2 N–H and O–H groups in total. The Morgan fingerprint density at radius 3 is 2.00 bits per heavy atom. The topological polar surface area (TPSA) is 57.2 Å². The fourth-order valence-electron chi connectivity index (χ4n) is 2.31. The second kappa shape index (κ2) is 6.51. The molecule has 0 aliphatic carbocycles. The Kier molecular flexibility index (Phi) is 4.28. The molecule has 4 nitrogen and oxygen atoms in total. The van der Waals surface area contributed by atoms with E-state index in [1.165, 1.54) is 0 Å². The Bertz CT molecular complexity index is 729. The first-order valence-electron chi connectivity index (χ1n) is 7.07. The highest BCUT2D eigenvalue weighted by molar-refractivity contribution is 6.58. The molecule has 0 radical (unpaired) electrons. The van der Waals surface area contributed by atoms with E-state index >= 15 is 0 Å². The Balaban J connectivity index is 1.73. The van der Waals surface area contributed by atoms with Crippen LogP contribution in [0.3, 0.4) is 0 Å². The summed E-state index contributed by atoms with van der Waals surface area (Å²) >= 11 is 0. The van der Waals surface area contributed by atoms with E-state index in [1.807, 2.05) is 36.7 Å². The van der Waals surface area contributed by atoms with Crippen molar-refractivity contribution in [3.05, 3.63) is 78.9 Å². The van der Waals surface area contributed by atoms with Gasteiger partial charge in [-0.1, -0.05) is 24.3 Å². The molecule has 0 atom stereocenters. The highest BCUT2D eigenvalue weighted by atomic mass is 16.4. The molecule has 0 spiro atoms. The molecule has 0 aliphatic heterocycles. The van der Waals surface area contributed by atoms with Crippen molar-refractivity contribution in [1.29, 1.82) is 0 Å². The van der Waals surface area contributed by atoms with E-state index in [0.717, 1.165) is 23.2 Å². The third kappa shape index (κ3) is 3.39. The normalized spacial score (nSPS) is 10.5. The lowest BCUT2D eigenvalue weighted by Gasteiger charge is -2.03. The van der Waals surface area contributed by atoms with E-state index in [9.17, 15) is 0 Å². The Labute approximate surface area is 129 Å². The maximum Gasteiger partial charge on any atom is 0.488 e. The van der Waals surface area contributed by atoms with Gasteiger partial charge in [0, 0.05) is 30.1 Å². The number of hydrogen-bond acceptors (Lipinski definition) is 3. The molecule has 0 saturated carbocycles. The standard InChI is InChI=1S/C17H16BN2O2/c21-18(22)17-3-1-14(2-4-17)13-20-11-7-16(8-12-20)15-5-9-19-10-6-15/h1-12,21-22H,13H2/q+1. The predicted molar refractivity (Wildman–Crippen MR) is 85.2 cm³/mol. The van der Waals surface area contributed by atoms with Gasteiger partial charge >= 0.3 is 7.12 Å². The lowest BCUT2D eigenvalue weighted by atomic mass is 9.80. The summed E-state index contributed by atoms with van der Waals surface area (Å²) in [6, 6.07) is 15.4. The fourth-order valence-corrected chi connectivity index (χ4v) is 2.31. The van der Waals surface area contributed by atoms with Gasteiger partial charge in [-0.25, -0.2) is 4.57 Å². The first-order chi connectivity index (χ1) is 10.7. The second-order valence-electron chi connectivity index (χ2n) is 5.11. The number of hydrogen-bond donors (Lipinski definition) is 2.